The molecule has 20 heavy (non-hydrogen) atoms. The van der Waals surface area contributed by atoms with E-state index in [4.69, 9.17) is 11.6 Å². The minimum absolute atomic E-state index is 0.120. The van der Waals surface area contributed by atoms with Gasteiger partial charge in [0, 0.05) is 25.1 Å². The summed E-state index contributed by atoms with van der Waals surface area (Å²) >= 11 is 6.10. The van der Waals surface area contributed by atoms with Crippen molar-refractivity contribution < 1.29 is 4.79 Å². The Morgan fingerprint density at radius 1 is 1.40 bits per heavy atom. The third kappa shape index (κ3) is 3.20. The van der Waals surface area contributed by atoms with E-state index in [0.29, 0.717) is 23.2 Å². The zero-order valence-electron chi connectivity index (χ0n) is 12.2. The van der Waals surface area contributed by atoms with Gasteiger partial charge in [0.05, 0.1) is 0 Å². The van der Waals surface area contributed by atoms with Gasteiger partial charge in [-0.15, -0.1) is 0 Å². The predicted molar refractivity (Wildman–Crippen MR) is 80.1 cm³/mol. The third-order valence-electron chi connectivity index (χ3n) is 3.59. The Morgan fingerprint density at radius 2 is 2.05 bits per heavy atom. The molecule has 1 saturated heterocycles. The molecular formula is C14H21ClN4O. The van der Waals surface area contributed by atoms with Gasteiger partial charge in [-0.2, -0.15) is 0 Å². The molecule has 1 aliphatic heterocycles. The average Bonchev–Trinajstić information content (AvgIpc) is 2.96. The minimum Gasteiger partial charge on any atom is -0.358 e. The van der Waals surface area contributed by atoms with E-state index in [2.05, 4.69) is 15.3 Å². The van der Waals surface area contributed by atoms with Gasteiger partial charge in [-0.3, -0.25) is 4.79 Å². The molecule has 0 bridgehead atoms. The first-order chi connectivity index (χ1) is 9.52. The van der Waals surface area contributed by atoms with E-state index in [1.54, 1.807) is 0 Å². The van der Waals surface area contributed by atoms with Crippen molar-refractivity contribution in [3.05, 3.63) is 16.5 Å². The highest BCUT2D eigenvalue weighted by Gasteiger charge is 2.24. The monoisotopic (exact) mass is 296 g/mol. The lowest BCUT2D eigenvalue weighted by atomic mass is 10.2. The van der Waals surface area contributed by atoms with Crippen molar-refractivity contribution in [3.63, 3.8) is 0 Å². The van der Waals surface area contributed by atoms with Crippen LogP contribution in [-0.2, 0) is 11.2 Å². The van der Waals surface area contributed by atoms with Gasteiger partial charge in [0.15, 0.2) is 0 Å². The van der Waals surface area contributed by atoms with Crippen LogP contribution in [0.15, 0.2) is 0 Å². The molecule has 1 aromatic rings. The van der Waals surface area contributed by atoms with Crippen LogP contribution in [0.1, 0.15) is 38.1 Å². The van der Waals surface area contributed by atoms with Crippen LogP contribution in [0.4, 0.5) is 5.82 Å². The maximum atomic E-state index is 12.3. The smallest absolute Gasteiger partial charge is 0.244 e. The molecule has 5 nitrogen and oxygen atoms in total. The zero-order chi connectivity index (χ0) is 14.7. The Bertz CT molecular complexity index is 500. The van der Waals surface area contributed by atoms with Gasteiger partial charge in [-0.25, -0.2) is 9.97 Å². The number of carbonyl (C=O) groups excluding carboxylic acids is 1. The van der Waals surface area contributed by atoms with Crippen molar-refractivity contribution in [1.82, 2.24) is 14.9 Å². The standard InChI is InChI=1S/C14H21ClN4O/c1-4-11-17-12(15)9(2)13(18-11)16-10(3)14(20)19-7-5-6-8-19/h10H,4-8H2,1-3H3,(H,16,17,18). The van der Waals surface area contributed by atoms with Crippen molar-refractivity contribution >= 4 is 23.3 Å². The average molecular weight is 297 g/mol. The number of nitrogens with one attached hydrogen (secondary N) is 1. The summed E-state index contributed by atoms with van der Waals surface area (Å²) < 4.78 is 0. The maximum Gasteiger partial charge on any atom is 0.244 e. The molecule has 0 spiro atoms. The highest BCUT2D eigenvalue weighted by Crippen LogP contribution is 2.21. The molecule has 1 fully saturated rings. The minimum atomic E-state index is -0.303. The van der Waals surface area contributed by atoms with Crippen LogP contribution in [0, 0.1) is 6.92 Å². The first-order valence-electron chi connectivity index (χ1n) is 7.11. The van der Waals surface area contributed by atoms with E-state index in [-0.39, 0.29) is 11.9 Å². The Labute approximate surface area is 124 Å². The molecule has 1 aromatic heterocycles. The van der Waals surface area contributed by atoms with Gasteiger partial charge in [0.2, 0.25) is 5.91 Å². The summed E-state index contributed by atoms with van der Waals surface area (Å²) in [4.78, 5) is 22.8. The van der Waals surface area contributed by atoms with Crippen molar-refractivity contribution in [3.8, 4) is 0 Å². The van der Waals surface area contributed by atoms with Crippen LogP contribution >= 0.6 is 11.6 Å². The Morgan fingerprint density at radius 3 is 2.65 bits per heavy atom. The number of hydrogen-bond acceptors (Lipinski definition) is 4. The fourth-order valence-electron chi connectivity index (χ4n) is 2.31. The summed E-state index contributed by atoms with van der Waals surface area (Å²) in [7, 11) is 0. The second-order valence-electron chi connectivity index (χ2n) is 5.16. The molecule has 1 amide bonds. The number of aromatic nitrogens is 2. The summed E-state index contributed by atoms with van der Waals surface area (Å²) in [5.41, 5.74) is 0.782. The molecule has 0 aliphatic carbocycles. The lowest BCUT2D eigenvalue weighted by Gasteiger charge is -2.22. The summed E-state index contributed by atoms with van der Waals surface area (Å²) in [5.74, 6) is 1.46. The first-order valence-corrected chi connectivity index (χ1v) is 7.49. The second-order valence-corrected chi connectivity index (χ2v) is 5.51. The number of halogens is 1. The molecule has 1 aliphatic rings. The van der Waals surface area contributed by atoms with E-state index in [1.807, 2.05) is 25.7 Å². The molecular weight excluding hydrogens is 276 g/mol. The predicted octanol–water partition coefficient (Wildman–Crippen LogP) is 2.42. The highest BCUT2D eigenvalue weighted by molar-refractivity contribution is 6.30. The van der Waals surface area contributed by atoms with Crippen LogP contribution in [0.5, 0.6) is 0 Å². The number of nitrogens with zero attached hydrogens (tertiary/aromatic N) is 3. The lowest BCUT2D eigenvalue weighted by Crippen LogP contribution is -2.40. The highest BCUT2D eigenvalue weighted by atomic mass is 35.5. The molecule has 2 heterocycles. The third-order valence-corrected chi connectivity index (χ3v) is 3.96. The molecule has 1 N–H and O–H groups in total. The molecule has 110 valence electrons. The Hall–Kier alpha value is -1.36. The Balaban J connectivity index is 2.12. The van der Waals surface area contributed by atoms with Gasteiger partial charge in [-0.05, 0) is 26.7 Å². The molecule has 6 heteroatoms. The van der Waals surface area contributed by atoms with E-state index in [0.717, 1.165) is 31.5 Å². The number of rotatable bonds is 4. The molecule has 0 radical (unpaired) electrons. The first kappa shape index (κ1) is 15.0. The van der Waals surface area contributed by atoms with Crippen LogP contribution < -0.4 is 5.32 Å². The van der Waals surface area contributed by atoms with Gasteiger partial charge in [0.1, 0.15) is 22.8 Å². The fourth-order valence-corrected chi connectivity index (χ4v) is 2.50. The lowest BCUT2D eigenvalue weighted by molar-refractivity contribution is -0.130. The SMILES string of the molecule is CCc1nc(Cl)c(C)c(NC(C)C(=O)N2CCCC2)n1. The molecule has 1 unspecified atom stereocenters. The van der Waals surface area contributed by atoms with Crippen LogP contribution in [0.25, 0.3) is 0 Å². The topological polar surface area (TPSA) is 58.1 Å². The van der Waals surface area contributed by atoms with E-state index in [1.165, 1.54) is 0 Å². The molecule has 2 rings (SSSR count). The molecule has 0 saturated carbocycles. The summed E-state index contributed by atoms with van der Waals surface area (Å²) in [5, 5.41) is 3.62. The number of carbonyl (C=O) groups is 1. The maximum absolute atomic E-state index is 12.3. The van der Waals surface area contributed by atoms with Gasteiger partial charge in [0.25, 0.3) is 0 Å². The molecule has 0 aromatic carbocycles. The van der Waals surface area contributed by atoms with E-state index >= 15 is 0 Å². The van der Waals surface area contributed by atoms with Crippen molar-refractivity contribution in [2.75, 3.05) is 18.4 Å². The van der Waals surface area contributed by atoms with Crippen LogP contribution in [0.2, 0.25) is 5.15 Å². The quantitative estimate of drug-likeness (QED) is 0.867. The number of aryl methyl sites for hydroxylation is 1. The largest absolute Gasteiger partial charge is 0.358 e. The second kappa shape index (κ2) is 6.39. The zero-order valence-corrected chi connectivity index (χ0v) is 13.0. The van der Waals surface area contributed by atoms with Gasteiger partial charge < -0.3 is 10.2 Å². The number of anilines is 1. The summed E-state index contributed by atoms with van der Waals surface area (Å²) in [6.45, 7) is 7.41. The van der Waals surface area contributed by atoms with Crippen molar-refractivity contribution in [1.29, 1.82) is 0 Å². The van der Waals surface area contributed by atoms with Crippen LogP contribution in [-0.4, -0.2) is 39.9 Å². The van der Waals surface area contributed by atoms with E-state index < -0.39 is 0 Å². The summed E-state index contributed by atoms with van der Waals surface area (Å²) in [6, 6.07) is -0.303. The molecule has 1 atom stereocenters. The normalized spacial score (nSPS) is 16.3. The van der Waals surface area contributed by atoms with Crippen molar-refractivity contribution in [2.45, 2.75) is 46.1 Å². The van der Waals surface area contributed by atoms with E-state index in [9.17, 15) is 4.79 Å². The Kier molecular flexibility index (Phi) is 4.81. The van der Waals surface area contributed by atoms with Crippen LogP contribution in [0.3, 0.4) is 0 Å². The van der Waals surface area contributed by atoms with Gasteiger partial charge >= 0.3 is 0 Å². The number of likely N-dealkylation sites (tertiary alicyclic amines) is 1. The fraction of sp³-hybridized carbons (Fsp3) is 0.643. The number of amides is 1. The number of hydrogen-bond donors (Lipinski definition) is 1. The van der Waals surface area contributed by atoms with Gasteiger partial charge in [-0.1, -0.05) is 18.5 Å². The summed E-state index contributed by atoms with van der Waals surface area (Å²) in [6.07, 6.45) is 2.90. The van der Waals surface area contributed by atoms with Crippen molar-refractivity contribution in [2.24, 2.45) is 0 Å².